The fourth-order valence-corrected chi connectivity index (χ4v) is 2.28. The zero-order chi connectivity index (χ0) is 15.7. The quantitative estimate of drug-likeness (QED) is 0.689. The van der Waals surface area contributed by atoms with E-state index in [1.807, 2.05) is 0 Å². The summed E-state index contributed by atoms with van der Waals surface area (Å²) >= 11 is 0. The van der Waals surface area contributed by atoms with E-state index < -0.39 is 22.4 Å². The standard InChI is InChI=1S/C15H12FNO4/c1-8-5-9(2)14(12(16)6-8)11-4-3-10(15(18)19)7-13(11)17(20)21/h3-7H,1-2H3,(H,18,19). The molecule has 5 nitrogen and oxygen atoms in total. The number of halogens is 1. The van der Waals surface area contributed by atoms with E-state index in [2.05, 4.69) is 0 Å². The number of hydrogen-bond acceptors (Lipinski definition) is 3. The van der Waals surface area contributed by atoms with Gasteiger partial charge in [-0.25, -0.2) is 9.18 Å². The van der Waals surface area contributed by atoms with Crippen molar-refractivity contribution < 1.29 is 19.2 Å². The number of aromatic carboxylic acids is 1. The Morgan fingerprint density at radius 2 is 1.90 bits per heavy atom. The summed E-state index contributed by atoms with van der Waals surface area (Å²) in [6.45, 7) is 3.38. The fraction of sp³-hybridized carbons (Fsp3) is 0.133. The molecule has 0 aliphatic rings. The van der Waals surface area contributed by atoms with E-state index in [1.165, 1.54) is 18.2 Å². The Bertz CT molecular complexity index is 732. The van der Waals surface area contributed by atoms with Gasteiger partial charge in [0.1, 0.15) is 5.82 Å². The van der Waals surface area contributed by atoms with Crippen LogP contribution in [0.5, 0.6) is 0 Å². The minimum absolute atomic E-state index is 0.0694. The largest absolute Gasteiger partial charge is 0.478 e. The molecule has 0 unspecified atom stereocenters. The number of carboxylic acids is 1. The SMILES string of the molecule is Cc1cc(C)c(-c2ccc(C(=O)O)cc2[N+](=O)[O-])c(F)c1. The van der Waals surface area contributed by atoms with Crippen LogP contribution < -0.4 is 0 Å². The number of nitro groups is 1. The van der Waals surface area contributed by atoms with Crippen molar-refractivity contribution >= 4 is 11.7 Å². The van der Waals surface area contributed by atoms with Crippen LogP contribution in [0, 0.1) is 29.8 Å². The maximum absolute atomic E-state index is 14.2. The summed E-state index contributed by atoms with van der Waals surface area (Å²) < 4.78 is 14.2. The van der Waals surface area contributed by atoms with E-state index in [9.17, 15) is 19.3 Å². The summed E-state index contributed by atoms with van der Waals surface area (Å²) in [7, 11) is 0. The Labute approximate surface area is 119 Å². The third-order valence-electron chi connectivity index (χ3n) is 3.14. The Hall–Kier alpha value is -2.76. The lowest BCUT2D eigenvalue weighted by Gasteiger charge is -2.10. The first-order valence-electron chi connectivity index (χ1n) is 6.10. The van der Waals surface area contributed by atoms with Crippen LogP contribution in [-0.4, -0.2) is 16.0 Å². The Kier molecular flexibility index (Phi) is 3.71. The van der Waals surface area contributed by atoms with Gasteiger partial charge in [-0.2, -0.15) is 0 Å². The summed E-state index contributed by atoms with van der Waals surface area (Å²) in [5.41, 5.74) is 0.804. The molecular weight excluding hydrogens is 277 g/mol. The highest BCUT2D eigenvalue weighted by molar-refractivity contribution is 5.91. The second kappa shape index (κ2) is 5.32. The van der Waals surface area contributed by atoms with Crippen molar-refractivity contribution in [2.24, 2.45) is 0 Å². The molecule has 0 aliphatic carbocycles. The molecule has 2 aromatic carbocycles. The lowest BCUT2D eigenvalue weighted by molar-refractivity contribution is -0.384. The first kappa shape index (κ1) is 14.6. The average Bonchev–Trinajstić information content (AvgIpc) is 2.37. The summed E-state index contributed by atoms with van der Waals surface area (Å²) in [4.78, 5) is 21.3. The first-order valence-corrected chi connectivity index (χ1v) is 6.10. The van der Waals surface area contributed by atoms with Crippen LogP contribution in [-0.2, 0) is 0 Å². The van der Waals surface area contributed by atoms with Crippen molar-refractivity contribution in [2.75, 3.05) is 0 Å². The van der Waals surface area contributed by atoms with Gasteiger partial charge in [0.05, 0.1) is 16.1 Å². The highest BCUT2D eigenvalue weighted by Gasteiger charge is 2.22. The summed E-state index contributed by atoms with van der Waals surface area (Å²) in [6, 6.07) is 6.44. The highest BCUT2D eigenvalue weighted by atomic mass is 19.1. The molecule has 108 valence electrons. The van der Waals surface area contributed by atoms with Crippen molar-refractivity contribution in [1.82, 2.24) is 0 Å². The second-order valence-corrected chi connectivity index (χ2v) is 4.73. The van der Waals surface area contributed by atoms with Gasteiger partial charge in [-0.05, 0) is 43.2 Å². The number of hydrogen-bond donors (Lipinski definition) is 1. The molecule has 0 aliphatic heterocycles. The Morgan fingerprint density at radius 3 is 2.43 bits per heavy atom. The molecule has 0 fully saturated rings. The third kappa shape index (κ3) is 2.74. The van der Waals surface area contributed by atoms with Gasteiger partial charge in [0, 0.05) is 11.6 Å². The zero-order valence-electron chi connectivity index (χ0n) is 11.4. The fourth-order valence-electron chi connectivity index (χ4n) is 2.28. The van der Waals surface area contributed by atoms with Gasteiger partial charge >= 0.3 is 5.97 Å². The van der Waals surface area contributed by atoms with Gasteiger partial charge < -0.3 is 5.11 Å². The molecule has 1 N–H and O–H groups in total. The van der Waals surface area contributed by atoms with Crippen molar-refractivity contribution in [2.45, 2.75) is 13.8 Å². The normalized spacial score (nSPS) is 10.4. The predicted octanol–water partition coefficient (Wildman–Crippen LogP) is 3.72. The van der Waals surface area contributed by atoms with E-state index in [0.29, 0.717) is 11.1 Å². The van der Waals surface area contributed by atoms with Crippen LogP contribution in [0.3, 0.4) is 0 Å². The van der Waals surface area contributed by atoms with Crippen LogP contribution >= 0.6 is 0 Å². The summed E-state index contributed by atoms with van der Waals surface area (Å²) in [5.74, 6) is -1.84. The van der Waals surface area contributed by atoms with Crippen molar-refractivity contribution in [3.8, 4) is 11.1 Å². The van der Waals surface area contributed by atoms with Gasteiger partial charge in [0.25, 0.3) is 5.69 Å². The Balaban J connectivity index is 2.75. The van der Waals surface area contributed by atoms with Crippen LogP contribution in [0.2, 0.25) is 0 Å². The topological polar surface area (TPSA) is 80.4 Å². The van der Waals surface area contributed by atoms with Gasteiger partial charge in [-0.15, -0.1) is 0 Å². The van der Waals surface area contributed by atoms with Crippen LogP contribution in [0.1, 0.15) is 21.5 Å². The molecule has 2 aromatic rings. The van der Waals surface area contributed by atoms with Crippen LogP contribution in [0.25, 0.3) is 11.1 Å². The summed E-state index contributed by atoms with van der Waals surface area (Å²) in [5, 5.41) is 20.1. The van der Waals surface area contributed by atoms with Gasteiger partial charge in [0.2, 0.25) is 0 Å². The van der Waals surface area contributed by atoms with Crippen LogP contribution in [0.4, 0.5) is 10.1 Å². The monoisotopic (exact) mass is 289 g/mol. The molecule has 2 rings (SSSR count). The average molecular weight is 289 g/mol. The minimum atomic E-state index is -1.27. The highest BCUT2D eigenvalue weighted by Crippen LogP contribution is 2.35. The van der Waals surface area contributed by atoms with Crippen LogP contribution in [0.15, 0.2) is 30.3 Å². The van der Waals surface area contributed by atoms with E-state index in [1.54, 1.807) is 19.9 Å². The molecule has 0 saturated carbocycles. The molecule has 0 spiro atoms. The molecule has 0 saturated heterocycles. The van der Waals surface area contributed by atoms with Gasteiger partial charge in [0.15, 0.2) is 0 Å². The minimum Gasteiger partial charge on any atom is -0.478 e. The lowest BCUT2D eigenvalue weighted by atomic mass is 9.95. The molecule has 0 radical (unpaired) electrons. The second-order valence-electron chi connectivity index (χ2n) is 4.73. The maximum atomic E-state index is 14.2. The van der Waals surface area contributed by atoms with E-state index in [4.69, 9.17) is 5.11 Å². The van der Waals surface area contributed by atoms with E-state index >= 15 is 0 Å². The van der Waals surface area contributed by atoms with Crippen molar-refractivity contribution in [1.29, 1.82) is 0 Å². The van der Waals surface area contributed by atoms with Crippen molar-refractivity contribution in [3.05, 3.63) is 63.0 Å². The number of nitro benzene ring substituents is 1. The van der Waals surface area contributed by atoms with Gasteiger partial charge in [-0.3, -0.25) is 10.1 Å². The molecule has 0 aromatic heterocycles. The predicted molar refractivity (Wildman–Crippen MR) is 74.9 cm³/mol. The third-order valence-corrected chi connectivity index (χ3v) is 3.14. The zero-order valence-corrected chi connectivity index (χ0v) is 11.4. The van der Waals surface area contributed by atoms with E-state index in [-0.39, 0.29) is 16.7 Å². The number of aryl methyl sites for hydroxylation is 2. The number of carboxylic acid groups (broad SMARTS) is 1. The number of rotatable bonds is 3. The molecule has 6 heteroatoms. The lowest BCUT2D eigenvalue weighted by Crippen LogP contribution is -2.01. The first-order chi connectivity index (χ1) is 9.81. The molecule has 0 atom stereocenters. The smallest absolute Gasteiger partial charge is 0.335 e. The molecule has 0 heterocycles. The van der Waals surface area contributed by atoms with Gasteiger partial charge in [-0.1, -0.05) is 6.07 Å². The molecule has 0 amide bonds. The maximum Gasteiger partial charge on any atom is 0.335 e. The number of carbonyl (C=O) groups is 1. The van der Waals surface area contributed by atoms with Crippen molar-refractivity contribution in [3.63, 3.8) is 0 Å². The Morgan fingerprint density at radius 1 is 1.24 bits per heavy atom. The number of benzene rings is 2. The molecule has 21 heavy (non-hydrogen) atoms. The molecular formula is C15H12FNO4. The number of nitrogens with zero attached hydrogens (tertiary/aromatic N) is 1. The molecule has 0 bridgehead atoms. The van der Waals surface area contributed by atoms with E-state index in [0.717, 1.165) is 6.07 Å². The summed E-state index contributed by atoms with van der Waals surface area (Å²) in [6.07, 6.45) is 0.